The molecule has 3 N–H and O–H groups in total. The summed E-state index contributed by atoms with van der Waals surface area (Å²) in [6.07, 6.45) is 1.95. The van der Waals surface area contributed by atoms with Gasteiger partial charge in [-0.25, -0.2) is 0 Å². The van der Waals surface area contributed by atoms with Gasteiger partial charge in [0.1, 0.15) is 0 Å². The zero-order valence-electron chi connectivity index (χ0n) is 8.43. The van der Waals surface area contributed by atoms with Gasteiger partial charge in [0.25, 0.3) is 0 Å². The first-order valence-electron chi connectivity index (χ1n) is 4.85. The molecule has 0 amide bonds. The predicted octanol–water partition coefficient (Wildman–Crippen LogP) is 1.10. The summed E-state index contributed by atoms with van der Waals surface area (Å²) in [4.78, 5) is 3.15. The molecule has 0 aromatic carbocycles. The Kier molecular flexibility index (Phi) is 4.57. The molecule has 1 aromatic rings. The van der Waals surface area contributed by atoms with E-state index in [2.05, 4.69) is 35.5 Å². The molecule has 13 heavy (non-hydrogen) atoms. The average molecular weight is 181 g/mol. The predicted molar refractivity (Wildman–Crippen MR) is 55.6 cm³/mol. The molecular weight excluding hydrogens is 162 g/mol. The summed E-state index contributed by atoms with van der Waals surface area (Å²) in [6.45, 7) is 7.28. The van der Waals surface area contributed by atoms with E-state index in [9.17, 15) is 0 Å². The van der Waals surface area contributed by atoms with Crippen molar-refractivity contribution in [2.24, 2.45) is 0 Å². The lowest BCUT2D eigenvalue weighted by atomic mass is 10.4. The Bertz CT molecular complexity index is 204. The maximum atomic E-state index is 3.35. The molecule has 0 aliphatic carbocycles. The third-order valence-electron chi connectivity index (χ3n) is 1.83. The average Bonchev–Trinajstić information content (AvgIpc) is 2.55. The maximum Gasteiger partial charge on any atom is 0.0357 e. The molecule has 1 aromatic heterocycles. The second-order valence-electron chi connectivity index (χ2n) is 3.48. The number of hydrogen-bond acceptors (Lipinski definition) is 2. The highest BCUT2D eigenvalue weighted by molar-refractivity contribution is 5.02. The van der Waals surface area contributed by atoms with Gasteiger partial charge in [-0.15, -0.1) is 0 Å². The quantitative estimate of drug-likeness (QED) is 0.575. The summed E-state index contributed by atoms with van der Waals surface area (Å²) in [5.41, 5.74) is 1.24. The molecule has 1 rings (SSSR count). The zero-order chi connectivity index (χ0) is 9.52. The first kappa shape index (κ1) is 10.3. The van der Waals surface area contributed by atoms with E-state index in [1.165, 1.54) is 5.69 Å². The summed E-state index contributed by atoms with van der Waals surface area (Å²) in [5, 5.41) is 6.70. The summed E-state index contributed by atoms with van der Waals surface area (Å²) >= 11 is 0. The molecule has 3 heteroatoms. The number of rotatable bonds is 6. The normalized spacial score (nSPS) is 11.0. The molecule has 3 nitrogen and oxygen atoms in total. The lowest BCUT2D eigenvalue weighted by molar-refractivity contribution is 0.554. The Balaban J connectivity index is 1.96. The van der Waals surface area contributed by atoms with Gasteiger partial charge in [-0.05, 0) is 12.1 Å². The van der Waals surface area contributed by atoms with Crippen LogP contribution in [0.15, 0.2) is 18.3 Å². The summed E-state index contributed by atoms with van der Waals surface area (Å²) in [7, 11) is 0. The minimum Gasteiger partial charge on any atom is -0.364 e. The molecule has 74 valence electrons. The topological polar surface area (TPSA) is 39.8 Å². The number of aromatic amines is 1. The van der Waals surface area contributed by atoms with Gasteiger partial charge in [0.05, 0.1) is 0 Å². The Labute approximate surface area is 79.9 Å². The van der Waals surface area contributed by atoms with Crippen LogP contribution in [0.2, 0.25) is 0 Å². The number of nitrogens with one attached hydrogen (secondary N) is 3. The highest BCUT2D eigenvalue weighted by atomic mass is 15.0. The maximum absolute atomic E-state index is 3.35. The second-order valence-corrected chi connectivity index (χ2v) is 3.48. The molecule has 0 aliphatic heterocycles. The standard InChI is InChI=1S/C10H19N3/c1-9(2)12-7-6-11-8-10-4-3-5-13-10/h3-5,9,11-13H,6-8H2,1-2H3. The van der Waals surface area contributed by atoms with Crippen molar-refractivity contribution in [2.75, 3.05) is 13.1 Å². The molecule has 0 spiro atoms. The van der Waals surface area contributed by atoms with E-state index in [0.717, 1.165) is 19.6 Å². The second kappa shape index (κ2) is 5.78. The van der Waals surface area contributed by atoms with Gasteiger partial charge in [-0.1, -0.05) is 13.8 Å². The number of H-pyrrole nitrogens is 1. The Hall–Kier alpha value is -0.800. The van der Waals surface area contributed by atoms with E-state index in [1.54, 1.807) is 0 Å². The van der Waals surface area contributed by atoms with Crippen LogP contribution in [-0.4, -0.2) is 24.1 Å². The minimum atomic E-state index is 0.576. The van der Waals surface area contributed by atoms with Crippen LogP contribution < -0.4 is 10.6 Å². The SMILES string of the molecule is CC(C)NCCNCc1ccc[nH]1. The minimum absolute atomic E-state index is 0.576. The van der Waals surface area contributed by atoms with Crippen molar-refractivity contribution in [3.63, 3.8) is 0 Å². The van der Waals surface area contributed by atoms with Gasteiger partial charge in [-0.3, -0.25) is 0 Å². The lowest BCUT2D eigenvalue weighted by Gasteiger charge is -2.08. The Morgan fingerprint density at radius 2 is 2.23 bits per heavy atom. The first-order chi connectivity index (χ1) is 6.29. The van der Waals surface area contributed by atoms with Crippen LogP contribution in [0.1, 0.15) is 19.5 Å². The molecular formula is C10H19N3. The highest BCUT2D eigenvalue weighted by Crippen LogP contribution is 1.91. The molecule has 0 bridgehead atoms. The monoisotopic (exact) mass is 181 g/mol. The van der Waals surface area contributed by atoms with Gasteiger partial charge in [0.2, 0.25) is 0 Å². The van der Waals surface area contributed by atoms with Crippen molar-refractivity contribution >= 4 is 0 Å². The third-order valence-corrected chi connectivity index (χ3v) is 1.83. The summed E-state index contributed by atoms with van der Waals surface area (Å²) in [5.74, 6) is 0. The fraction of sp³-hybridized carbons (Fsp3) is 0.600. The lowest BCUT2D eigenvalue weighted by Crippen LogP contribution is -2.31. The van der Waals surface area contributed by atoms with Gasteiger partial charge in [0, 0.05) is 37.6 Å². The fourth-order valence-corrected chi connectivity index (χ4v) is 1.15. The molecule has 0 unspecified atom stereocenters. The van der Waals surface area contributed by atoms with Crippen molar-refractivity contribution in [1.29, 1.82) is 0 Å². The Morgan fingerprint density at radius 3 is 2.85 bits per heavy atom. The highest BCUT2D eigenvalue weighted by Gasteiger charge is 1.92. The third kappa shape index (κ3) is 4.70. The number of hydrogen-bond donors (Lipinski definition) is 3. The van der Waals surface area contributed by atoms with Crippen LogP contribution in [0, 0.1) is 0 Å². The van der Waals surface area contributed by atoms with Crippen molar-refractivity contribution in [3.05, 3.63) is 24.0 Å². The van der Waals surface area contributed by atoms with Crippen molar-refractivity contribution in [2.45, 2.75) is 26.4 Å². The van der Waals surface area contributed by atoms with Crippen LogP contribution in [0.5, 0.6) is 0 Å². The summed E-state index contributed by atoms with van der Waals surface area (Å²) < 4.78 is 0. The largest absolute Gasteiger partial charge is 0.364 e. The van der Waals surface area contributed by atoms with Crippen LogP contribution in [0.25, 0.3) is 0 Å². The van der Waals surface area contributed by atoms with Gasteiger partial charge in [-0.2, -0.15) is 0 Å². The van der Waals surface area contributed by atoms with E-state index >= 15 is 0 Å². The van der Waals surface area contributed by atoms with E-state index in [4.69, 9.17) is 0 Å². The molecule has 0 fully saturated rings. The molecule has 1 heterocycles. The number of aromatic nitrogens is 1. The zero-order valence-corrected chi connectivity index (χ0v) is 8.43. The van der Waals surface area contributed by atoms with Crippen LogP contribution >= 0.6 is 0 Å². The molecule has 0 saturated heterocycles. The smallest absolute Gasteiger partial charge is 0.0357 e. The first-order valence-corrected chi connectivity index (χ1v) is 4.85. The molecule has 0 radical (unpaired) electrons. The van der Waals surface area contributed by atoms with Gasteiger partial charge in [0.15, 0.2) is 0 Å². The van der Waals surface area contributed by atoms with Crippen molar-refractivity contribution < 1.29 is 0 Å². The van der Waals surface area contributed by atoms with E-state index < -0.39 is 0 Å². The van der Waals surface area contributed by atoms with E-state index in [-0.39, 0.29) is 0 Å². The van der Waals surface area contributed by atoms with Gasteiger partial charge < -0.3 is 15.6 Å². The van der Waals surface area contributed by atoms with Crippen LogP contribution in [0.4, 0.5) is 0 Å². The van der Waals surface area contributed by atoms with E-state index in [1.807, 2.05) is 12.3 Å². The van der Waals surface area contributed by atoms with E-state index in [0.29, 0.717) is 6.04 Å². The van der Waals surface area contributed by atoms with Crippen LogP contribution in [0.3, 0.4) is 0 Å². The fourth-order valence-electron chi connectivity index (χ4n) is 1.15. The van der Waals surface area contributed by atoms with Crippen molar-refractivity contribution in [3.8, 4) is 0 Å². The van der Waals surface area contributed by atoms with Gasteiger partial charge >= 0.3 is 0 Å². The molecule has 0 aliphatic rings. The summed E-state index contributed by atoms with van der Waals surface area (Å²) in [6, 6.07) is 4.68. The molecule has 0 atom stereocenters. The Morgan fingerprint density at radius 1 is 1.38 bits per heavy atom. The van der Waals surface area contributed by atoms with Crippen molar-refractivity contribution in [1.82, 2.24) is 15.6 Å². The van der Waals surface area contributed by atoms with Crippen LogP contribution in [-0.2, 0) is 6.54 Å². The molecule has 0 saturated carbocycles.